The van der Waals surface area contributed by atoms with Crippen LogP contribution in [0.1, 0.15) is 51.9 Å². The van der Waals surface area contributed by atoms with Gasteiger partial charge in [-0.15, -0.1) is 0 Å². The van der Waals surface area contributed by atoms with E-state index in [1.807, 2.05) is 0 Å². The number of hydrogen-bond acceptors (Lipinski definition) is 2. The van der Waals surface area contributed by atoms with Gasteiger partial charge in [0.05, 0.1) is 5.69 Å². The molecule has 0 aromatic carbocycles. The molecule has 1 heterocycles. The van der Waals surface area contributed by atoms with Crippen molar-refractivity contribution in [1.29, 1.82) is 0 Å². The quantitative estimate of drug-likeness (QED) is 0.807. The highest BCUT2D eigenvalue weighted by molar-refractivity contribution is 5.13. The van der Waals surface area contributed by atoms with E-state index < -0.39 is 0 Å². The van der Waals surface area contributed by atoms with Gasteiger partial charge in [-0.2, -0.15) is 5.10 Å². The molecule has 1 N–H and O–H groups in total. The van der Waals surface area contributed by atoms with Crippen molar-refractivity contribution in [2.75, 3.05) is 0 Å². The molecular weight excluding hydrogens is 186 g/mol. The molecular formula is C12H23N3. The maximum atomic E-state index is 4.58. The smallest absolute Gasteiger partial charge is 0.0765 e. The first-order valence-corrected chi connectivity index (χ1v) is 5.84. The largest absolute Gasteiger partial charge is 0.309 e. The Balaban J connectivity index is 2.74. The Labute approximate surface area is 92.9 Å². The Bertz CT molecular complexity index is 300. The standard InChI is InChI=1S/C12H23N3/c1-6-15-12(9(2)3)7-11(14-15)8-13-10(4)5/h7,9-10,13H,6,8H2,1-5H3. The Hall–Kier alpha value is -0.830. The lowest BCUT2D eigenvalue weighted by Crippen LogP contribution is -2.22. The van der Waals surface area contributed by atoms with E-state index >= 15 is 0 Å². The van der Waals surface area contributed by atoms with Crippen molar-refractivity contribution in [3.8, 4) is 0 Å². The van der Waals surface area contributed by atoms with E-state index in [1.54, 1.807) is 0 Å². The Kier molecular flexibility index (Phi) is 4.33. The minimum atomic E-state index is 0.513. The third kappa shape index (κ3) is 3.34. The zero-order valence-electron chi connectivity index (χ0n) is 10.5. The zero-order chi connectivity index (χ0) is 11.4. The minimum Gasteiger partial charge on any atom is -0.309 e. The van der Waals surface area contributed by atoms with E-state index in [1.165, 1.54) is 5.69 Å². The topological polar surface area (TPSA) is 29.9 Å². The molecule has 0 aliphatic heterocycles. The van der Waals surface area contributed by atoms with Gasteiger partial charge in [0.25, 0.3) is 0 Å². The number of nitrogens with one attached hydrogen (secondary N) is 1. The molecule has 0 aliphatic carbocycles. The maximum absolute atomic E-state index is 4.58. The molecule has 0 radical (unpaired) electrons. The van der Waals surface area contributed by atoms with Crippen molar-refractivity contribution in [2.45, 2.75) is 59.7 Å². The van der Waals surface area contributed by atoms with Crippen LogP contribution in [0.5, 0.6) is 0 Å². The number of hydrogen-bond donors (Lipinski definition) is 1. The summed E-state index contributed by atoms with van der Waals surface area (Å²) in [5.74, 6) is 0.547. The van der Waals surface area contributed by atoms with Crippen LogP contribution in [-0.2, 0) is 13.1 Å². The second-order valence-corrected chi connectivity index (χ2v) is 4.57. The summed E-state index contributed by atoms with van der Waals surface area (Å²) in [6, 6.07) is 2.73. The van der Waals surface area contributed by atoms with Crippen molar-refractivity contribution in [2.24, 2.45) is 0 Å². The molecule has 3 nitrogen and oxygen atoms in total. The van der Waals surface area contributed by atoms with Crippen LogP contribution in [0.25, 0.3) is 0 Å². The van der Waals surface area contributed by atoms with Crippen LogP contribution >= 0.6 is 0 Å². The summed E-state index contributed by atoms with van der Waals surface area (Å²) < 4.78 is 2.10. The normalized spacial score (nSPS) is 11.7. The van der Waals surface area contributed by atoms with Crippen LogP contribution in [0, 0.1) is 0 Å². The zero-order valence-corrected chi connectivity index (χ0v) is 10.5. The minimum absolute atomic E-state index is 0.513. The fourth-order valence-corrected chi connectivity index (χ4v) is 1.60. The summed E-state index contributed by atoms with van der Waals surface area (Å²) in [6.07, 6.45) is 0. The van der Waals surface area contributed by atoms with Crippen molar-refractivity contribution in [1.82, 2.24) is 15.1 Å². The molecule has 0 fully saturated rings. The lowest BCUT2D eigenvalue weighted by atomic mass is 10.1. The number of rotatable bonds is 5. The fraction of sp³-hybridized carbons (Fsp3) is 0.750. The highest BCUT2D eigenvalue weighted by atomic mass is 15.3. The Morgan fingerprint density at radius 1 is 1.33 bits per heavy atom. The van der Waals surface area contributed by atoms with Crippen LogP contribution in [-0.4, -0.2) is 15.8 Å². The molecule has 0 spiro atoms. The molecule has 0 unspecified atom stereocenters. The third-order valence-electron chi connectivity index (χ3n) is 2.44. The van der Waals surface area contributed by atoms with Gasteiger partial charge in [0, 0.05) is 24.8 Å². The van der Waals surface area contributed by atoms with E-state index in [2.05, 4.69) is 55.8 Å². The summed E-state index contributed by atoms with van der Waals surface area (Å²) in [6.45, 7) is 12.7. The molecule has 3 heteroatoms. The lowest BCUT2D eigenvalue weighted by Gasteiger charge is -2.06. The fourth-order valence-electron chi connectivity index (χ4n) is 1.60. The first-order valence-electron chi connectivity index (χ1n) is 5.84. The van der Waals surface area contributed by atoms with E-state index in [0.29, 0.717) is 12.0 Å². The van der Waals surface area contributed by atoms with Gasteiger partial charge in [-0.3, -0.25) is 4.68 Å². The SMILES string of the molecule is CCn1nc(CNC(C)C)cc1C(C)C. The highest BCUT2D eigenvalue weighted by Gasteiger charge is 2.09. The summed E-state index contributed by atoms with van der Waals surface area (Å²) in [5.41, 5.74) is 2.48. The van der Waals surface area contributed by atoms with Gasteiger partial charge in [-0.25, -0.2) is 0 Å². The molecule has 1 rings (SSSR count). The Morgan fingerprint density at radius 2 is 2.00 bits per heavy atom. The van der Waals surface area contributed by atoms with Crippen molar-refractivity contribution < 1.29 is 0 Å². The van der Waals surface area contributed by atoms with Crippen LogP contribution in [0.2, 0.25) is 0 Å². The van der Waals surface area contributed by atoms with Crippen molar-refractivity contribution in [3.63, 3.8) is 0 Å². The van der Waals surface area contributed by atoms with Gasteiger partial charge in [-0.05, 0) is 18.9 Å². The van der Waals surface area contributed by atoms with Crippen LogP contribution in [0.3, 0.4) is 0 Å². The number of aromatic nitrogens is 2. The average Bonchev–Trinajstić information content (AvgIpc) is 2.57. The van der Waals surface area contributed by atoms with Crippen LogP contribution in [0.4, 0.5) is 0 Å². The molecule has 15 heavy (non-hydrogen) atoms. The van der Waals surface area contributed by atoms with E-state index in [4.69, 9.17) is 0 Å². The molecule has 0 amide bonds. The molecule has 0 atom stereocenters. The van der Waals surface area contributed by atoms with Gasteiger partial charge >= 0.3 is 0 Å². The second kappa shape index (κ2) is 5.31. The predicted molar refractivity (Wildman–Crippen MR) is 64.0 cm³/mol. The third-order valence-corrected chi connectivity index (χ3v) is 2.44. The molecule has 0 bridgehead atoms. The maximum Gasteiger partial charge on any atom is 0.0765 e. The molecule has 1 aromatic rings. The summed E-state index contributed by atoms with van der Waals surface area (Å²) in [4.78, 5) is 0. The van der Waals surface area contributed by atoms with Crippen molar-refractivity contribution in [3.05, 3.63) is 17.5 Å². The summed E-state index contributed by atoms with van der Waals surface area (Å²) >= 11 is 0. The average molecular weight is 209 g/mol. The van der Waals surface area contributed by atoms with Gasteiger partial charge in [0.15, 0.2) is 0 Å². The molecule has 86 valence electrons. The molecule has 1 aromatic heterocycles. The first-order chi connectivity index (χ1) is 7.04. The molecule has 0 saturated heterocycles. The second-order valence-electron chi connectivity index (χ2n) is 4.57. The number of nitrogens with zero attached hydrogens (tertiary/aromatic N) is 2. The monoisotopic (exact) mass is 209 g/mol. The highest BCUT2D eigenvalue weighted by Crippen LogP contribution is 2.15. The summed E-state index contributed by atoms with van der Waals surface area (Å²) in [7, 11) is 0. The summed E-state index contributed by atoms with van der Waals surface area (Å²) in [5, 5.41) is 7.97. The molecule has 0 saturated carbocycles. The predicted octanol–water partition coefficient (Wildman–Crippen LogP) is 2.52. The van der Waals surface area contributed by atoms with E-state index in [0.717, 1.165) is 18.8 Å². The van der Waals surface area contributed by atoms with Gasteiger partial charge in [-0.1, -0.05) is 27.7 Å². The Morgan fingerprint density at radius 3 is 2.40 bits per heavy atom. The van der Waals surface area contributed by atoms with Gasteiger partial charge in [0.2, 0.25) is 0 Å². The first kappa shape index (κ1) is 12.2. The van der Waals surface area contributed by atoms with E-state index in [-0.39, 0.29) is 0 Å². The lowest BCUT2D eigenvalue weighted by molar-refractivity contribution is 0.557. The van der Waals surface area contributed by atoms with E-state index in [9.17, 15) is 0 Å². The van der Waals surface area contributed by atoms with Gasteiger partial charge < -0.3 is 5.32 Å². The number of aryl methyl sites for hydroxylation is 1. The molecule has 0 aliphatic rings. The van der Waals surface area contributed by atoms with Gasteiger partial charge in [0.1, 0.15) is 0 Å². The van der Waals surface area contributed by atoms with Crippen LogP contribution < -0.4 is 5.32 Å². The van der Waals surface area contributed by atoms with Crippen LogP contribution in [0.15, 0.2) is 6.07 Å². The van der Waals surface area contributed by atoms with Crippen molar-refractivity contribution >= 4 is 0 Å².